The van der Waals surface area contributed by atoms with Gasteiger partial charge in [0.2, 0.25) is 5.95 Å². The molecule has 1 heterocycles. The number of nitrogens with zero attached hydrogens (tertiary/aromatic N) is 2. The third-order valence-electron chi connectivity index (χ3n) is 3.52. The van der Waals surface area contributed by atoms with E-state index in [9.17, 15) is 4.79 Å². The van der Waals surface area contributed by atoms with Gasteiger partial charge in [0.15, 0.2) is 0 Å². The topological polar surface area (TPSA) is 75.1 Å². The normalized spacial score (nSPS) is 23.6. The lowest BCUT2D eigenvalue weighted by molar-refractivity contribution is -0.142. The third-order valence-corrected chi connectivity index (χ3v) is 3.52. The Morgan fingerprint density at radius 2 is 1.94 bits per heavy atom. The van der Waals surface area contributed by atoms with Gasteiger partial charge in [-0.1, -0.05) is 6.92 Å². The van der Waals surface area contributed by atoms with E-state index >= 15 is 0 Å². The predicted octanol–water partition coefficient (Wildman–Crippen LogP) is 2.09. The van der Waals surface area contributed by atoms with Gasteiger partial charge in [-0.3, -0.25) is 4.79 Å². The highest BCUT2D eigenvalue weighted by Crippen LogP contribution is 2.25. The summed E-state index contributed by atoms with van der Waals surface area (Å²) in [5.41, 5.74) is 1.12. The lowest BCUT2D eigenvalue weighted by Crippen LogP contribution is -2.29. The predicted molar refractivity (Wildman–Crippen MR) is 68.4 cm³/mol. The van der Waals surface area contributed by atoms with E-state index in [-0.39, 0.29) is 5.92 Å². The van der Waals surface area contributed by atoms with Gasteiger partial charge in [-0.25, -0.2) is 9.97 Å². The van der Waals surface area contributed by atoms with E-state index in [1.54, 1.807) is 0 Å². The second kappa shape index (κ2) is 5.80. The van der Waals surface area contributed by atoms with E-state index in [1.807, 2.05) is 12.4 Å². The molecule has 1 fully saturated rings. The van der Waals surface area contributed by atoms with Crippen LogP contribution in [0.3, 0.4) is 0 Å². The number of rotatable bonds is 4. The van der Waals surface area contributed by atoms with E-state index < -0.39 is 5.97 Å². The molecule has 0 bridgehead atoms. The summed E-state index contributed by atoms with van der Waals surface area (Å²) in [5.74, 6) is -0.200. The highest BCUT2D eigenvalue weighted by atomic mass is 16.4. The molecular weight excluding hydrogens is 230 g/mol. The van der Waals surface area contributed by atoms with Crippen LogP contribution in [0.2, 0.25) is 0 Å². The minimum absolute atomic E-state index is 0.175. The van der Waals surface area contributed by atoms with Crippen LogP contribution in [0.25, 0.3) is 0 Å². The highest BCUT2D eigenvalue weighted by molar-refractivity contribution is 5.70. The fraction of sp³-hybridized carbons (Fsp3) is 0.615. The maximum absolute atomic E-state index is 10.8. The zero-order valence-electron chi connectivity index (χ0n) is 10.6. The van der Waals surface area contributed by atoms with Crippen molar-refractivity contribution in [3.8, 4) is 0 Å². The zero-order chi connectivity index (χ0) is 13.0. The molecule has 0 saturated heterocycles. The van der Waals surface area contributed by atoms with Crippen molar-refractivity contribution >= 4 is 11.9 Å². The van der Waals surface area contributed by atoms with Gasteiger partial charge in [0.05, 0.1) is 5.92 Å². The molecule has 98 valence electrons. The van der Waals surface area contributed by atoms with E-state index in [1.165, 1.54) is 0 Å². The van der Waals surface area contributed by atoms with Gasteiger partial charge in [-0.05, 0) is 37.7 Å². The fourth-order valence-electron chi connectivity index (χ4n) is 2.28. The summed E-state index contributed by atoms with van der Waals surface area (Å²) in [6, 6.07) is 0.299. The summed E-state index contributed by atoms with van der Waals surface area (Å²) >= 11 is 0. The average Bonchev–Trinajstić information content (AvgIpc) is 2.40. The van der Waals surface area contributed by atoms with Gasteiger partial charge in [0.1, 0.15) is 0 Å². The molecule has 2 N–H and O–H groups in total. The molecule has 0 amide bonds. The maximum Gasteiger partial charge on any atom is 0.306 e. The summed E-state index contributed by atoms with van der Waals surface area (Å²) in [6.45, 7) is 2.07. The Labute approximate surface area is 107 Å². The van der Waals surface area contributed by atoms with Crippen molar-refractivity contribution in [1.82, 2.24) is 9.97 Å². The Morgan fingerprint density at radius 3 is 2.44 bits per heavy atom. The molecule has 1 aromatic rings. The Bertz CT molecular complexity index is 397. The van der Waals surface area contributed by atoms with Crippen molar-refractivity contribution in [3.05, 3.63) is 18.0 Å². The maximum atomic E-state index is 10.8. The molecule has 2 rings (SSSR count). The van der Waals surface area contributed by atoms with Crippen LogP contribution in [0.5, 0.6) is 0 Å². The van der Waals surface area contributed by atoms with Crippen LogP contribution in [-0.2, 0) is 11.2 Å². The summed E-state index contributed by atoms with van der Waals surface area (Å²) in [6.07, 6.45) is 7.81. The van der Waals surface area contributed by atoms with Crippen molar-refractivity contribution in [2.45, 2.75) is 45.1 Å². The van der Waals surface area contributed by atoms with Gasteiger partial charge >= 0.3 is 5.97 Å². The number of carboxylic acids is 1. The number of hydrogen-bond donors (Lipinski definition) is 2. The van der Waals surface area contributed by atoms with Crippen molar-refractivity contribution in [2.24, 2.45) is 5.92 Å². The molecule has 1 aliphatic carbocycles. The largest absolute Gasteiger partial charge is 0.481 e. The molecule has 0 aromatic carbocycles. The van der Waals surface area contributed by atoms with E-state index in [0.717, 1.165) is 37.7 Å². The zero-order valence-corrected chi connectivity index (χ0v) is 10.6. The number of nitrogens with one attached hydrogen (secondary N) is 1. The molecule has 1 aromatic heterocycles. The summed E-state index contributed by atoms with van der Waals surface area (Å²) < 4.78 is 0. The number of hydrogen-bond acceptors (Lipinski definition) is 4. The van der Waals surface area contributed by atoms with E-state index in [4.69, 9.17) is 5.11 Å². The lowest BCUT2D eigenvalue weighted by Gasteiger charge is -2.26. The quantitative estimate of drug-likeness (QED) is 0.854. The van der Waals surface area contributed by atoms with Crippen LogP contribution < -0.4 is 5.32 Å². The standard InChI is InChI=1S/C13H19N3O2/c1-2-9-7-14-13(15-8-9)16-11-5-3-10(4-6-11)12(17)18/h7-8,10-11H,2-6H2,1H3,(H,17,18)(H,14,15,16). The number of carboxylic acid groups (broad SMARTS) is 1. The van der Waals surface area contributed by atoms with Crippen LogP contribution >= 0.6 is 0 Å². The van der Waals surface area contributed by atoms with Crippen LogP contribution in [0.4, 0.5) is 5.95 Å². The van der Waals surface area contributed by atoms with Gasteiger partial charge in [0.25, 0.3) is 0 Å². The number of aliphatic carboxylic acids is 1. The van der Waals surface area contributed by atoms with Crippen LogP contribution in [0, 0.1) is 5.92 Å². The second-order valence-corrected chi connectivity index (χ2v) is 4.80. The van der Waals surface area contributed by atoms with Crippen LogP contribution in [-0.4, -0.2) is 27.1 Å². The van der Waals surface area contributed by atoms with Gasteiger partial charge in [0, 0.05) is 18.4 Å². The summed E-state index contributed by atoms with van der Waals surface area (Å²) in [7, 11) is 0. The van der Waals surface area contributed by atoms with Gasteiger partial charge in [-0.2, -0.15) is 0 Å². The molecule has 1 saturated carbocycles. The molecule has 0 aliphatic heterocycles. The van der Waals surface area contributed by atoms with Crippen molar-refractivity contribution in [2.75, 3.05) is 5.32 Å². The molecule has 0 radical (unpaired) electrons. The molecule has 1 aliphatic rings. The fourth-order valence-corrected chi connectivity index (χ4v) is 2.28. The number of aromatic nitrogens is 2. The van der Waals surface area contributed by atoms with E-state index in [2.05, 4.69) is 22.2 Å². The summed E-state index contributed by atoms with van der Waals surface area (Å²) in [5, 5.41) is 12.2. The van der Waals surface area contributed by atoms with Crippen molar-refractivity contribution < 1.29 is 9.90 Å². The summed E-state index contributed by atoms with van der Waals surface area (Å²) in [4.78, 5) is 19.4. The second-order valence-electron chi connectivity index (χ2n) is 4.80. The third kappa shape index (κ3) is 3.18. The average molecular weight is 249 g/mol. The minimum Gasteiger partial charge on any atom is -0.481 e. The first-order valence-corrected chi connectivity index (χ1v) is 6.49. The first kappa shape index (κ1) is 12.8. The monoisotopic (exact) mass is 249 g/mol. The molecule has 0 unspecified atom stereocenters. The van der Waals surface area contributed by atoms with Crippen molar-refractivity contribution in [1.29, 1.82) is 0 Å². The SMILES string of the molecule is CCc1cnc(NC2CCC(C(=O)O)CC2)nc1. The molecule has 18 heavy (non-hydrogen) atoms. The van der Waals surface area contributed by atoms with Gasteiger partial charge < -0.3 is 10.4 Å². The molecular formula is C13H19N3O2. The lowest BCUT2D eigenvalue weighted by atomic mass is 9.86. The smallest absolute Gasteiger partial charge is 0.306 e. The Hall–Kier alpha value is -1.65. The number of anilines is 1. The Morgan fingerprint density at radius 1 is 1.33 bits per heavy atom. The number of carbonyl (C=O) groups is 1. The first-order chi connectivity index (χ1) is 8.69. The minimum atomic E-state index is -0.669. The Kier molecular flexibility index (Phi) is 4.12. The van der Waals surface area contributed by atoms with Crippen LogP contribution in [0.15, 0.2) is 12.4 Å². The van der Waals surface area contributed by atoms with Crippen molar-refractivity contribution in [3.63, 3.8) is 0 Å². The van der Waals surface area contributed by atoms with Gasteiger partial charge in [-0.15, -0.1) is 0 Å². The molecule has 5 heteroatoms. The molecule has 5 nitrogen and oxygen atoms in total. The Balaban J connectivity index is 1.85. The van der Waals surface area contributed by atoms with E-state index in [0.29, 0.717) is 12.0 Å². The molecule has 0 spiro atoms. The van der Waals surface area contributed by atoms with Crippen LogP contribution in [0.1, 0.15) is 38.2 Å². The first-order valence-electron chi connectivity index (χ1n) is 6.49. The highest BCUT2D eigenvalue weighted by Gasteiger charge is 2.25. The number of aryl methyl sites for hydroxylation is 1. The molecule has 0 atom stereocenters.